The molecular weight excluding hydrogens is 463 g/mol. The number of hydrogen-bond donors (Lipinski definition) is 0. The molecule has 1 atom stereocenters. The van der Waals surface area contributed by atoms with E-state index in [1.165, 1.54) is 12.1 Å². The van der Waals surface area contributed by atoms with Crippen LogP contribution in [0.4, 0.5) is 17.6 Å². The van der Waals surface area contributed by atoms with Crippen LogP contribution >= 0.6 is 38.5 Å². The molecule has 0 saturated heterocycles. The fourth-order valence-electron chi connectivity index (χ4n) is 1.10. The number of benzene rings is 1. The highest BCUT2D eigenvalue weighted by Gasteiger charge is 2.41. The van der Waals surface area contributed by atoms with Gasteiger partial charge in [0.1, 0.15) is 11.5 Å². The Morgan fingerprint density at radius 3 is 2.65 bits per heavy atom. The molecule has 0 saturated carbocycles. The zero-order valence-electron chi connectivity index (χ0n) is 9.72. The van der Waals surface area contributed by atoms with Crippen LogP contribution in [0.5, 0.6) is 11.5 Å². The van der Waals surface area contributed by atoms with E-state index in [2.05, 4.69) is 20.7 Å². The molecule has 0 spiro atoms. The van der Waals surface area contributed by atoms with Gasteiger partial charge < -0.3 is 9.47 Å². The van der Waals surface area contributed by atoms with E-state index < -0.39 is 23.6 Å². The topological polar surface area (TPSA) is 35.5 Å². The highest BCUT2D eigenvalue weighted by Crippen LogP contribution is 2.33. The molecule has 0 amide bonds. The van der Waals surface area contributed by atoms with Crippen LogP contribution in [-0.2, 0) is 4.79 Å². The van der Waals surface area contributed by atoms with E-state index in [9.17, 15) is 22.4 Å². The van der Waals surface area contributed by atoms with Crippen molar-refractivity contribution in [2.24, 2.45) is 0 Å². The average Bonchev–Trinajstić information content (AvgIpc) is 2.32. The largest absolute Gasteiger partial charge is 0.492 e. The predicted octanol–water partition coefficient (Wildman–Crippen LogP) is 4.22. The summed E-state index contributed by atoms with van der Waals surface area (Å²) < 4.78 is 60.5. The minimum absolute atomic E-state index is 0.130. The molecule has 1 aromatic rings. The fourth-order valence-corrected chi connectivity index (χ4v) is 1.69. The average molecular weight is 471 g/mol. The van der Waals surface area contributed by atoms with Crippen molar-refractivity contribution < 1.29 is 31.8 Å². The van der Waals surface area contributed by atoms with Crippen LogP contribution in [0.3, 0.4) is 0 Å². The smallest absolute Gasteiger partial charge is 0.440 e. The van der Waals surface area contributed by atoms with E-state index in [1.807, 2.05) is 22.6 Å². The first-order chi connectivity index (χ1) is 9.22. The molecule has 1 unspecified atom stereocenters. The molecule has 0 fully saturated rings. The summed E-state index contributed by atoms with van der Waals surface area (Å²) in [6.45, 7) is -0.241. The molecule has 3 nitrogen and oxygen atoms in total. The molecule has 0 aliphatic rings. The first-order valence-electron chi connectivity index (χ1n) is 5.18. The van der Waals surface area contributed by atoms with Gasteiger partial charge in [-0.25, -0.2) is 4.39 Å². The van der Waals surface area contributed by atoms with Gasteiger partial charge in [0.15, 0.2) is 0 Å². The van der Waals surface area contributed by atoms with Gasteiger partial charge in [0.25, 0.3) is 5.08 Å². The Labute approximate surface area is 133 Å². The molecule has 112 valence electrons. The Bertz CT molecular complexity index is 485. The van der Waals surface area contributed by atoms with Gasteiger partial charge in [-0.3, -0.25) is 4.79 Å². The van der Waals surface area contributed by atoms with Crippen LogP contribution < -0.4 is 9.47 Å². The first kappa shape index (κ1) is 17.5. The van der Waals surface area contributed by atoms with Crippen molar-refractivity contribution in [3.05, 3.63) is 21.8 Å². The molecule has 0 N–H and O–H groups in total. The fraction of sp³-hybridized carbons (Fsp3) is 0.364. The number of carbonyl (C=O) groups is 1. The number of ether oxygens (including phenoxy) is 2. The monoisotopic (exact) mass is 470 g/mol. The van der Waals surface area contributed by atoms with Crippen molar-refractivity contribution in [1.82, 2.24) is 0 Å². The van der Waals surface area contributed by atoms with E-state index >= 15 is 0 Å². The van der Waals surface area contributed by atoms with Crippen molar-refractivity contribution in [1.29, 1.82) is 0 Å². The third kappa shape index (κ3) is 5.43. The number of hydrogen-bond acceptors (Lipinski definition) is 3. The maximum Gasteiger partial charge on any atom is 0.440 e. The van der Waals surface area contributed by atoms with Gasteiger partial charge in [-0.15, -0.1) is 0 Å². The summed E-state index contributed by atoms with van der Waals surface area (Å²) >= 11 is 3.95. The molecule has 20 heavy (non-hydrogen) atoms. The molecule has 1 aromatic carbocycles. The summed E-state index contributed by atoms with van der Waals surface area (Å²) in [7, 11) is 0. The van der Waals surface area contributed by atoms with E-state index in [1.54, 1.807) is 0 Å². The molecule has 0 aliphatic carbocycles. The second-order valence-electron chi connectivity index (χ2n) is 3.51. The van der Waals surface area contributed by atoms with Crippen molar-refractivity contribution in [2.45, 2.75) is 17.6 Å². The van der Waals surface area contributed by atoms with Crippen LogP contribution in [0.25, 0.3) is 0 Å². The van der Waals surface area contributed by atoms with Crippen LogP contribution in [0, 0.1) is 3.57 Å². The van der Waals surface area contributed by atoms with Crippen LogP contribution in [0.1, 0.15) is 6.42 Å². The summed E-state index contributed by atoms with van der Waals surface area (Å²) in [5, 5.41) is -2.66. The second kappa shape index (κ2) is 7.43. The van der Waals surface area contributed by atoms with Gasteiger partial charge in [0.05, 0.1) is 16.6 Å². The molecule has 0 heterocycles. The van der Waals surface area contributed by atoms with Gasteiger partial charge >= 0.3 is 12.1 Å². The third-order valence-corrected chi connectivity index (χ3v) is 3.39. The highest BCUT2D eigenvalue weighted by atomic mass is 127. The highest BCUT2D eigenvalue weighted by molar-refractivity contribution is 14.1. The molecule has 1 rings (SSSR count). The summed E-state index contributed by atoms with van der Waals surface area (Å²) in [6.07, 6.45) is -4.50. The third-order valence-electron chi connectivity index (χ3n) is 1.97. The standard InChI is InChI=1S/C11H8BrF4IO3/c12-10(14)11(15,16)20-6-1-2-7(17)8(5-6)19-4-3-9(13)18/h1-2,5,10H,3-4H2. The van der Waals surface area contributed by atoms with E-state index in [0.717, 1.165) is 6.07 Å². The number of alkyl halides is 4. The number of rotatable bonds is 7. The summed E-state index contributed by atoms with van der Waals surface area (Å²) in [5.74, 6) is -0.191. The molecule has 0 aromatic heterocycles. The molecule has 0 bridgehead atoms. The lowest BCUT2D eigenvalue weighted by Crippen LogP contribution is -2.32. The number of carbonyl (C=O) groups excluding carboxylic acids is 1. The van der Waals surface area contributed by atoms with E-state index in [4.69, 9.17) is 4.74 Å². The summed E-state index contributed by atoms with van der Waals surface area (Å²) in [6, 6.07) is 2.17. The Balaban J connectivity index is 2.78. The summed E-state index contributed by atoms with van der Waals surface area (Å²) in [4.78, 5) is 10.1. The van der Waals surface area contributed by atoms with Crippen molar-refractivity contribution in [3.63, 3.8) is 0 Å². The minimum atomic E-state index is -4.04. The van der Waals surface area contributed by atoms with Gasteiger partial charge in [0.2, 0.25) is 0 Å². The van der Waals surface area contributed by atoms with Crippen molar-refractivity contribution >= 4 is 44.6 Å². The lowest BCUT2D eigenvalue weighted by molar-refractivity contribution is -0.195. The molecule has 0 aliphatic heterocycles. The summed E-state index contributed by atoms with van der Waals surface area (Å²) in [5.41, 5.74) is 0. The first-order valence-corrected chi connectivity index (χ1v) is 7.17. The van der Waals surface area contributed by atoms with Gasteiger partial charge in [-0.05, 0) is 50.7 Å². The molecular formula is C11H8BrF4IO3. The Kier molecular flexibility index (Phi) is 6.49. The second-order valence-corrected chi connectivity index (χ2v) is 5.48. The number of halogens is 6. The predicted molar refractivity (Wildman–Crippen MR) is 74.8 cm³/mol. The minimum Gasteiger partial charge on any atom is -0.492 e. The van der Waals surface area contributed by atoms with Crippen molar-refractivity contribution in [2.75, 3.05) is 6.61 Å². The Morgan fingerprint density at radius 2 is 2.10 bits per heavy atom. The van der Waals surface area contributed by atoms with Gasteiger partial charge in [-0.2, -0.15) is 13.2 Å². The maximum atomic E-state index is 13.0. The van der Waals surface area contributed by atoms with Crippen LogP contribution in [0.2, 0.25) is 0 Å². The zero-order chi connectivity index (χ0) is 15.3. The quantitative estimate of drug-likeness (QED) is 0.259. The Hall–Kier alpha value is -0.580. The maximum absolute atomic E-state index is 13.0. The zero-order valence-corrected chi connectivity index (χ0v) is 13.5. The lowest BCUT2D eigenvalue weighted by atomic mass is 10.3. The molecule has 0 radical (unpaired) electrons. The van der Waals surface area contributed by atoms with Crippen LogP contribution in [-0.4, -0.2) is 23.8 Å². The van der Waals surface area contributed by atoms with Gasteiger partial charge in [-0.1, -0.05) is 0 Å². The SMILES string of the molecule is O=C(F)CCOc1cc(OC(F)(F)C(F)Br)ccc1I. The lowest BCUT2D eigenvalue weighted by Gasteiger charge is -2.18. The van der Waals surface area contributed by atoms with Gasteiger partial charge in [0, 0.05) is 6.07 Å². The van der Waals surface area contributed by atoms with E-state index in [0.29, 0.717) is 3.57 Å². The molecule has 9 heteroatoms. The van der Waals surface area contributed by atoms with Crippen LogP contribution in [0.15, 0.2) is 18.2 Å². The van der Waals surface area contributed by atoms with E-state index in [-0.39, 0.29) is 18.1 Å². The normalized spacial score (nSPS) is 12.9. The van der Waals surface area contributed by atoms with Crippen molar-refractivity contribution in [3.8, 4) is 11.5 Å². The Morgan fingerprint density at radius 1 is 1.45 bits per heavy atom.